The molecule has 1 aromatic carbocycles. The smallest absolute Gasteiger partial charge is 0.161 e. The number of benzene rings is 1. The molecule has 20 heavy (non-hydrogen) atoms. The number of hydrogen-bond acceptors (Lipinski definition) is 4. The van der Waals surface area contributed by atoms with E-state index in [2.05, 4.69) is 17.4 Å². The van der Waals surface area contributed by atoms with Crippen LogP contribution in [0, 0.1) is 5.92 Å². The Morgan fingerprint density at radius 3 is 2.85 bits per heavy atom. The van der Waals surface area contributed by atoms with Gasteiger partial charge in [-0.25, -0.2) is 0 Å². The lowest BCUT2D eigenvalue weighted by Crippen LogP contribution is -2.37. The van der Waals surface area contributed by atoms with Gasteiger partial charge < -0.3 is 20.5 Å². The summed E-state index contributed by atoms with van der Waals surface area (Å²) in [6.07, 6.45) is 4.87. The topological polar surface area (TPSA) is 56.5 Å². The molecular weight excluding hydrogens is 252 g/mol. The summed E-state index contributed by atoms with van der Waals surface area (Å²) >= 11 is 0. The highest BCUT2D eigenvalue weighted by atomic mass is 16.6. The van der Waals surface area contributed by atoms with E-state index in [1.165, 1.54) is 24.8 Å². The van der Waals surface area contributed by atoms with Gasteiger partial charge in [-0.05, 0) is 56.0 Å². The van der Waals surface area contributed by atoms with E-state index in [0.717, 1.165) is 31.0 Å². The maximum absolute atomic E-state index is 5.81. The van der Waals surface area contributed by atoms with Crippen LogP contribution in [0.5, 0.6) is 11.5 Å². The van der Waals surface area contributed by atoms with Crippen molar-refractivity contribution in [2.75, 3.05) is 26.3 Å². The van der Waals surface area contributed by atoms with Crippen molar-refractivity contribution >= 4 is 0 Å². The van der Waals surface area contributed by atoms with Crippen molar-refractivity contribution in [2.45, 2.75) is 31.7 Å². The summed E-state index contributed by atoms with van der Waals surface area (Å²) < 4.78 is 11.2. The van der Waals surface area contributed by atoms with Crippen LogP contribution in [0.15, 0.2) is 18.2 Å². The summed E-state index contributed by atoms with van der Waals surface area (Å²) in [5.41, 5.74) is 7.11. The molecule has 0 bridgehead atoms. The van der Waals surface area contributed by atoms with E-state index in [0.29, 0.717) is 25.2 Å². The van der Waals surface area contributed by atoms with Crippen LogP contribution in [-0.4, -0.2) is 32.3 Å². The van der Waals surface area contributed by atoms with Gasteiger partial charge >= 0.3 is 0 Å². The molecule has 0 spiro atoms. The van der Waals surface area contributed by atoms with Crippen molar-refractivity contribution < 1.29 is 9.47 Å². The van der Waals surface area contributed by atoms with E-state index in [1.807, 2.05) is 6.07 Å². The quantitative estimate of drug-likeness (QED) is 0.860. The zero-order valence-electron chi connectivity index (χ0n) is 11.9. The predicted octanol–water partition coefficient (Wildman–Crippen LogP) is 1.72. The molecule has 1 aliphatic heterocycles. The number of fused-ring (bicyclic) bond motifs is 1. The van der Waals surface area contributed by atoms with Gasteiger partial charge in [0.25, 0.3) is 0 Å². The van der Waals surface area contributed by atoms with Crippen LogP contribution >= 0.6 is 0 Å². The lowest BCUT2D eigenvalue weighted by atomic mass is 10.0. The lowest BCUT2D eigenvalue weighted by Gasteiger charge is -2.20. The molecule has 1 fully saturated rings. The minimum absolute atomic E-state index is 0.609. The van der Waals surface area contributed by atoms with Crippen LogP contribution in [0.3, 0.4) is 0 Å². The van der Waals surface area contributed by atoms with Gasteiger partial charge in [-0.15, -0.1) is 0 Å². The molecule has 2 aliphatic rings. The van der Waals surface area contributed by atoms with Gasteiger partial charge in [0.2, 0.25) is 0 Å². The molecule has 0 radical (unpaired) electrons. The molecule has 4 heteroatoms. The fraction of sp³-hybridized carbons (Fsp3) is 0.625. The van der Waals surface area contributed by atoms with Crippen LogP contribution in [0.4, 0.5) is 0 Å². The first-order valence-electron chi connectivity index (χ1n) is 7.69. The van der Waals surface area contributed by atoms with Gasteiger partial charge in [0.1, 0.15) is 13.2 Å². The average molecular weight is 276 g/mol. The highest BCUT2D eigenvalue weighted by Gasteiger charge is 2.25. The van der Waals surface area contributed by atoms with Gasteiger partial charge in [0, 0.05) is 6.04 Å². The molecule has 3 N–H and O–H groups in total. The monoisotopic (exact) mass is 276 g/mol. The van der Waals surface area contributed by atoms with Crippen molar-refractivity contribution in [3.8, 4) is 11.5 Å². The van der Waals surface area contributed by atoms with Crippen molar-refractivity contribution in [1.82, 2.24) is 5.32 Å². The minimum Gasteiger partial charge on any atom is -0.486 e. The van der Waals surface area contributed by atoms with Crippen LogP contribution in [0.2, 0.25) is 0 Å². The molecule has 1 aliphatic carbocycles. The van der Waals surface area contributed by atoms with Crippen molar-refractivity contribution in [3.63, 3.8) is 0 Å². The van der Waals surface area contributed by atoms with Gasteiger partial charge in [-0.1, -0.05) is 12.5 Å². The number of hydrogen-bond donors (Lipinski definition) is 2. The van der Waals surface area contributed by atoms with Crippen LogP contribution in [0.1, 0.15) is 24.8 Å². The first-order valence-corrected chi connectivity index (χ1v) is 7.69. The summed E-state index contributed by atoms with van der Waals surface area (Å²) in [6, 6.07) is 6.86. The van der Waals surface area contributed by atoms with E-state index >= 15 is 0 Å². The highest BCUT2D eigenvalue weighted by molar-refractivity contribution is 5.43. The molecule has 2 unspecified atom stereocenters. The Labute approximate surface area is 120 Å². The van der Waals surface area contributed by atoms with Crippen molar-refractivity contribution in [3.05, 3.63) is 23.8 Å². The minimum atomic E-state index is 0.609. The van der Waals surface area contributed by atoms with Crippen LogP contribution < -0.4 is 20.5 Å². The van der Waals surface area contributed by atoms with Gasteiger partial charge in [-0.2, -0.15) is 0 Å². The average Bonchev–Trinajstić information content (AvgIpc) is 2.95. The van der Waals surface area contributed by atoms with Crippen LogP contribution in [-0.2, 0) is 6.42 Å². The second-order valence-electron chi connectivity index (χ2n) is 5.72. The Kier molecular flexibility index (Phi) is 4.43. The first-order chi connectivity index (χ1) is 9.86. The fourth-order valence-electron chi connectivity index (χ4n) is 3.23. The van der Waals surface area contributed by atoms with Gasteiger partial charge in [-0.3, -0.25) is 0 Å². The third-order valence-corrected chi connectivity index (χ3v) is 4.39. The Balaban J connectivity index is 1.51. The molecule has 110 valence electrons. The molecule has 4 nitrogen and oxygen atoms in total. The molecule has 1 aromatic rings. The van der Waals surface area contributed by atoms with E-state index in [1.54, 1.807) is 0 Å². The van der Waals surface area contributed by atoms with E-state index in [9.17, 15) is 0 Å². The zero-order valence-corrected chi connectivity index (χ0v) is 11.9. The summed E-state index contributed by atoms with van der Waals surface area (Å²) in [5.74, 6) is 2.41. The van der Waals surface area contributed by atoms with Gasteiger partial charge in [0.15, 0.2) is 11.5 Å². The fourth-order valence-corrected chi connectivity index (χ4v) is 3.23. The van der Waals surface area contributed by atoms with E-state index in [-0.39, 0.29) is 0 Å². The molecular formula is C16H24N2O2. The molecule has 1 saturated carbocycles. The molecule has 3 rings (SSSR count). The Morgan fingerprint density at radius 1 is 1.15 bits per heavy atom. The zero-order chi connectivity index (χ0) is 13.8. The Hall–Kier alpha value is -1.26. The number of rotatable bonds is 5. The third-order valence-electron chi connectivity index (χ3n) is 4.39. The van der Waals surface area contributed by atoms with Crippen molar-refractivity contribution in [2.24, 2.45) is 11.7 Å². The molecule has 0 aromatic heterocycles. The second kappa shape index (κ2) is 6.46. The normalized spacial score (nSPS) is 24.9. The number of ether oxygens (including phenoxy) is 2. The maximum Gasteiger partial charge on any atom is 0.161 e. The van der Waals surface area contributed by atoms with Crippen LogP contribution in [0.25, 0.3) is 0 Å². The molecule has 1 heterocycles. The highest BCUT2D eigenvalue weighted by Crippen LogP contribution is 2.31. The van der Waals surface area contributed by atoms with E-state index < -0.39 is 0 Å². The second-order valence-corrected chi connectivity index (χ2v) is 5.72. The predicted molar refractivity (Wildman–Crippen MR) is 79.3 cm³/mol. The Morgan fingerprint density at radius 2 is 2.00 bits per heavy atom. The lowest BCUT2D eigenvalue weighted by molar-refractivity contribution is 0.171. The third kappa shape index (κ3) is 3.07. The largest absolute Gasteiger partial charge is 0.486 e. The summed E-state index contributed by atoms with van der Waals surface area (Å²) in [4.78, 5) is 0. The molecule has 0 amide bonds. The summed E-state index contributed by atoms with van der Waals surface area (Å²) in [5, 5.41) is 3.66. The molecule has 0 saturated heterocycles. The Bertz CT molecular complexity index is 450. The van der Waals surface area contributed by atoms with Crippen molar-refractivity contribution in [1.29, 1.82) is 0 Å². The summed E-state index contributed by atoms with van der Waals surface area (Å²) in [6.45, 7) is 3.10. The standard InChI is InChI=1S/C16H24N2O2/c17-11-13-2-1-3-14(13)18-7-6-12-4-5-15-16(10-12)20-9-8-19-15/h4-5,10,13-14,18H,1-3,6-9,11,17H2. The summed E-state index contributed by atoms with van der Waals surface area (Å²) in [7, 11) is 0. The van der Waals surface area contributed by atoms with Gasteiger partial charge in [0.05, 0.1) is 0 Å². The number of nitrogens with one attached hydrogen (secondary N) is 1. The SMILES string of the molecule is NCC1CCCC1NCCc1ccc2c(c1)OCCO2. The first kappa shape index (κ1) is 13.7. The number of nitrogens with two attached hydrogens (primary N) is 1. The molecule has 2 atom stereocenters. The maximum atomic E-state index is 5.81. The van der Waals surface area contributed by atoms with E-state index in [4.69, 9.17) is 15.2 Å².